The van der Waals surface area contributed by atoms with Crippen LogP contribution in [0.5, 0.6) is 0 Å². The van der Waals surface area contributed by atoms with Crippen LogP contribution in [0.15, 0.2) is 18.2 Å². The molecule has 1 N–H and O–H groups in total. The number of benzene rings is 1. The summed E-state index contributed by atoms with van der Waals surface area (Å²) in [6.07, 6.45) is 5.19. The molecule has 0 spiro atoms. The molecule has 2 nitrogen and oxygen atoms in total. The molecule has 1 unspecified atom stereocenters. The van der Waals surface area contributed by atoms with Gasteiger partial charge in [0.05, 0.1) is 10.2 Å². The predicted octanol–water partition coefficient (Wildman–Crippen LogP) is 5.23. The Kier molecular flexibility index (Phi) is 5.20. The Balaban J connectivity index is 1.97. The molecule has 2 aromatic rings. The summed E-state index contributed by atoms with van der Waals surface area (Å²) < 4.78 is 1.27. The number of hydrogen-bond donors (Lipinski definition) is 1. The molecule has 3 heteroatoms. The standard InChI is InChI=1S/C16H24N2S/c1-4-6-7-13(5-2)11-17-16-18-14-10-12(3)8-9-15(14)19-16/h8-10,13H,4-7,11H2,1-3H3,(H,17,18). The number of hydrogen-bond acceptors (Lipinski definition) is 3. The van der Waals surface area contributed by atoms with E-state index >= 15 is 0 Å². The first kappa shape index (κ1) is 14.3. The predicted molar refractivity (Wildman–Crippen MR) is 86.2 cm³/mol. The van der Waals surface area contributed by atoms with Crippen LogP contribution in [0.3, 0.4) is 0 Å². The van der Waals surface area contributed by atoms with Crippen molar-refractivity contribution in [1.29, 1.82) is 0 Å². The third kappa shape index (κ3) is 3.93. The highest BCUT2D eigenvalue weighted by molar-refractivity contribution is 7.22. The lowest BCUT2D eigenvalue weighted by Crippen LogP contribution is -2.13. The Bertz CT molecular complexity index is 518. The number of aromatic nitrogens is 1. The Hall–Kier alpha value is -1.09. The molecule has 1 heterocycles. The number of fused-ring (bicyclic) bond motifs is 1. The van der Waals surface area contributed by atoms with Gasteiger partial charge in [0.25, 0.3) is 0 Å². The van der Waals surface area contributed by atoms with Gasteiger partial charge in [-0.15, -0.1) is 0 Å². The van der Waals surface area contributed by atoms with Crippen molar-refractivity contribution in [3.05, 3.63) is 23.8 Å². The van der Waals surface area contributed by atoms with E-state index in [0.29, 0.717) is 0 Å². The van der Waals surface area contributed by atoms with Gasteiger partial charge >= 0.3 is 0 Å². The molecule has 0 saturated carbocycles. The lowest BCUT2D eigenvalue weighted by atomic mass is 10.00. The average Bonchev–Trinajstić information content (AvgIpc) is 2.81. The van der Waals surface area contributed by atoms with Gasteiger partial charge < -0.3 is 5.32 Å². The average molecular weight is 276 g/mol. The minimum absolute atomic E-state index is 0.772. The van der Waals surface area contributed by atoms with Crippen molar-refractivity contribution in [3.63, 3.8) is 0 Å². The smallest absolute Gasteiger partial charge is 0.183 e. The topological polar surface area (TPSA) is 24.9 Å². The molecule has 2 rings (SSSR count). The van der Waals surface area contributed by atoms with Crippen LogP contribution in [0.1, 0.15) is 45.1 Å². The third-order valence-corrected chi connectivity index (χ3v) is 4.62. The number of aryl methyl sites for hydroxylation is 1. The lowest BCUT2D eigenvalue weighted by molar-refractivity contribution is 0.473. The van der Waals surface area contributed by atoms with Gasteiger partial charge in [-0.05, 0) is 37.0 Å². The summed E-state index contributed by atoms with van der Waals surface area (Å²) in [7, 11) is 0. The van der Waals surface area contributed by atoms with Crippen LogP contribution >= 0.6 is 11.3 Å². The van der Waals surface area contributed by atoms with Crippen LogP contribution in [-0.4, -0.2) is 11.5 Å². The number of nitrogens with zero attached hydrogens (tertiary/aromatic N) is 1. The summed E-state index contributed by atoms with van der Waals surface area (Å²) in [5.74, 6) is 0.772. The minimum atomic E-state index is 0.772. The van der Waals surface area contributed by atoms with E-state index in [1.54, 1.807) is 11.3 Å². The fourth-order valence-electron chi connectivity index (χ4n) is 2.29. The van der Waals surface area contributed by atoms with Gasteiger partial charge in [0.1, 0.15) is 0 Å². The van der Waals surface area contributed by atoms with E-state index in [0.717, 1.165) is 23.1 Å². The Morgan fingerprint density at radius 1 is 1.32 bits per heavy atom. The summed E-state index contributed by atoms with van der Waals surface area (Å²) in [6.45, 7) is 7.71. The van der Waals surface area contributed by atoms with Crippen molar-refractivity contribution in [2.45, 2.75) is 46.5 Å². The van der Waals surface area contributed by atoms with Gasteiger partial charge in [-0.25, -0.2) is 4.98 Å². The molecule has 104 valence electrons. The third-order valence-electron chi connectivity index (χ3n) is 3.63. The molecule has 0 aliphatic carbocycles. The number of thiazole rings is 1. The lowest BCUT2D eigenvalue weighted by Gasteiger charge is -2.14. The summed E-state index contributed by atoms with van der Waals surface area (Å²) in [6, 6.07) is 6.48. The molecule has 1 aromatic heterocycles. The van der Waals surface area contributed by atoms with Crippen LogP contribution in [-0.2, 0) is 0 Å². The quantitative estimate of drug-likeness (QED) is 0.748. The largest absolute Gasteiger partial charge is 0.361 e. The van der Waals surface area contributed by atoms with E-state index in [-0.39, 0.29) is 0 Å². The zero-order valence-electron chi connectivity index (χ0n) is 12.2. The van der Waals surface area contributed by atoms with Crippen molar-refractivity contribution in [2.24, 2.45) is 5.92 Å². The van der Waals surface area contributed by atoms with Crippen LogP contribution < -0.4 is 5.32 Å². The second-order valence-electron chi connectivity index (χ2n) is 5.29. The zero-order chi connectivity index (χ0) is 13.7. The molecule has 1 aromatic carbocycles. The van der Waals surface area contributed by atoms with Gasteiger partial charge in [-0.1, -0.05) is 50.5 Å². The highest BCUT2D eigenvalue weighted by Crippen LogP contribution is 2.27. The second-order valence-corrected chi connectivity index (χ2v) is 6.32. The molecule has 0 bridgehead atoms. The summed E-state index contributed by atoms with van der Waals surface area (Å²) in [5.41, 5.74) is 2.40. The van der Waals surface area contributed by atoms with Crippen molar-refractivity contribution >= 4 is 26.7 Å². The second kappa shape index (κ2) is 6.90. The molecular formula is C16H24N2S. The Morgan fingerprint density at radius 3 is 2.89 bits per heavy atom. The molecule has 0 fully saturated rings. The van der Waals surface area contributed by atoms with Crippen LogP contribution in [0.25, 0.3) is 10.2 Å². The molecular weight excluding hydrogens is 252 g/mol. The van der Waals surface area contributed by atoms with E-state index < -0.39 is 0 Å². The highest BCUT2D eigenvalue weighted by Gasteiger charge is 2.08. The number of rotatable bonds is 7. The van der Waals surface area contributed by atoms with E-state index in [1.807, 2.05) is 0 Å². The molecule has 1 atom stereocenters. The van der Waals surface area contributed by atoms with Gasteiger partial charge in [0.15, 0.2) is 5.13 Å². The van der Waals surface area contributed by atoms with Crippen molar-refractivity contribution < 1.29 is 0 Å². The van der Waals surface area contributed by atoms with Gasteiger partial charge in [0, 0.05) is 6.54 Å². The Morgan fingerprint density at radius 2 is 2.16 bits per heavy atom. The highest BCUT2D eigenvalue weighted by atomic mass is 32.1. The first-order chi connectivity index (χ1) is 9.22. The molecule has 0 aliphatic heterocycles. The fraction of sp³-hybridized carbons (Fsp3) is 0.562. The maximum atomic E-state index is 4.67. The normalized spacial score (nSPS) is 12.8. The molecule has 0 radical (unpaired) electrons. The number of unbranched alkanes of at least 4 members (excludes halogenated alkanes) is 1. The van der Waals surface area contributed by atoms with Gasteiger partial charge in [0.2, 0.25) is 0 Å². The summed E-state index contributed by atoms with van der Waals surface area (Å²) in [4.78, 5) is 4.67. The molecule has 19 heavy (non-hydrogen) atoms. The van der Waals surface area contributed by atoms with E-state index in [1.165, 1.54) is 35.9 Å². The number of anilines is 1. The van der Waals surface area contributed by atoms with Crippen LogP contribution in [0, 0.1) is 12.8 Å². The van der Waals surface area contributed by atoms with E-state index in [9.17, 15) is 0 Å². The van der Waals surface area contributed by atoms with Crippen LogP contribution in [0.2, 0.25) is 0 Å². The minimum Gasteiger partial charge on any atom is -0.361 e. The maximum absolute atomic E-state index is 4.67. The van der Waals surface area contributed by atoms with E-state index in [2.05, 4.69) is 49.3 Å². The zero-order valence-corrected chi connectivity index (χ0v) is 13.0. The van der Waals surface area contributed by atoms with Crippen molar-refractivity contribution in [1.82, 2.24) is 4.98 Å². The van der Waals surface area contributed by atoms with Crippen molar-refractivity contribution in [2.75, 3.05) is 11.9 Å². The number of nitrogens with one attached hydrogen (secondary N) is 1. The first-order valence-electron chi connectivity index (χ1n) is 7.34. The van der Waals surface area contributed by atoms with Gasteiger partial charge in [-0.2, -0.15) is 0 Å². The molecule has 0 aliphatic rings. The van der Waals surface area contributed by atoms with Gasteiger partial charge in [-0.3, -0.25) is 0 Å². The van der Waals surface area contributed by atoms with E-state index in [4.69, 9.17) is 0 Å². The monoisotopic (exact) mass is 276 g/mol. The summed E-state index contributed by atoms with van der Waals surface area (Å²) in [5, 5.41) is 4.59. The maximum Gasteiger partial charge on any atom is 0.183 e. The van der Waals surface area contributed by atoms with Crippen LogP contribution in [0.4, 0.5) is 5.13 Å². The molecule has 0 amide bonds. The Labute approximate surface area is 120 Å². The first-order valence-corrected chi connectivity index (χ1v) is 8.15. The summed E-state index contributed by atoms with van der Waals surface area (Å²) >= 11 is 1.76. The van der Waals surface area contributed by atoms with Crippen molar-refractivity contribution in [3.8, 4) is 0 Å². The fourth-order valence-corrected chi connectivity index (χ4v) is 3.14. The molecule has 0 saturated heterocycles. The SMILES string of the molecule is CCCCC(CC)CNc1nc2cc(C)ccc2s1.